The lowest BCUT2D eigenvalue weighted by Crippen LogP contribution is -2.39. The van der Waals surface area contributed by atoms with E-state index < -0.39 is 11.9 Å². The fourth-order valence-corrected chi connectivity index (χ4v) is 6.84. The Morgan fingerprint density at radius 3 is 1.37 bits per heavy atom. The highest BCUT2D eigenvalue weighted by molar-refractivity contribution is 8.00. The minimum Gasteiger partial charge on any atom is -0.493 e. The van der Waals surface area contributed by atoms with Crippen molar-refractivity contribution in [3.05, 3.63) is 48.5 Å². The molecule has 0 bridgehead atoms. The Labute approximate surface area is 278 Å². The summed E-state index contributed by atoms with van der Waals surface area (Å²) in [7, 11) is 3.17. The monoisotopic (exact) mass is 678 g/mol. The molecule has 0 aliphatic carbocycles. The molecule has 2 heterocycles. The van der Waals surface area contributed by atoms with Crippen LogP contribution in [-0.4, -0.2) is 110 Å². The van der Waals surface area contributed by atoms with Crippen molar-refractivity contribution in [2.75, 3.05) is 65.2 Å². The van der Waals surface area contributed by atoms with Gasteiger partial charge in [0.1, 0.15) is 36.8 Å². The first-order chi connectivity index (χ1) is 22.3. The largest absolute Gasteiger partial charge is 0.493 e. The highest BCUT2D eigenvalue weighted by Crippen LogP contribution is 2.31. The first-order valence-electron chi connectivity index (χ1n) is 15.0. The zero-order chi connectivity index (χ0) is 33.3. The predicted octanol–water partition coefficient (Wildman–Crippen LogP) is 3.86. The second-order valence-corrected chi connectivity index (χ2v) is 12.3. The summed E-state index contributed by atoms with van der Waals surface area (Å²) in [5.74, 6) is 2.82. The first-order valence-corrected chi connectivity index (χ1v) is 17.1. The van der Waals surface area contributed by atoms with Gasteiger partial charge in [0, 0.05) is 24.6 Å². The van der Waals surface area contributed by atoms with E-state index in [0.717, 1.165) is 11.5 Å². The van der Waals surface area contributed by atoms with Gasteiger partial charge in [0.05, 0.1) is 27.4 Å². The van der Waals surface area contributed by atoms with Crippen LogP contribution in [-0.2, 0) is 28.7 Å². The second kappa shape index (κ2) is 19.7. The third-order valence-corrected chi connectivity index (χ3v) is 9.11. The summed E-state index contributed by atoms with van der Waals surface area (Å²) in [5.41, 5.74) is 0. The van der Waals surface area contributed by atoms with Crippen molar-refractivity contribution in [3.63, 3.8) is 0 Å². The summed E-state index contributed by atoms with van der Waals surface area (Å²) >= 11 is 3.28. The van der Waals surface area contributed by atoms with Crippen molar-refractivity contribution in [3.8, 4) is 23.0 Å². The number of para-hydroxylation sites is 4. The predicted molar refractivity (Wildman–Crippen MR) is 175 cm³/mol. The number of carbonyl (C=O) groups excluding carboxylic acids is 4. The van der Waals surface area contributed by atoms with Crippen LogP contribution in [0, 0.1) is 0 Å². The number of amides is 2. The van der Waals surface area contributed by atoms with Crippen molar-refractivity contribution in [1.82, 2.24) is 9.80 Å². The van der Waals surface area contributed by atoms with Gasteiger partial charge in [0.15, 0.2) is 23.0 Å². The Balaban J connectivity index is 0.000000250. The van der Waals surface area contributed by atoms with Gasteiger partial charge in [0.25, 0.3) is 0 Å². The number of ether oxygens (including phenoxy) is 6. The highest BCUT2D eigenvalue weighted by Gasteiger charge is 2.32. The minimum absolute atomic E-state index is 0.109. The van der Waals surface area contributed by atoms with E-state index in [1.807, 2.05) is 48.5 Å². The van der Waals surface area contributed by atoms with Crippen LogP contribution in [0.3, 0.4) is 0 Å². The molecule has 2 aliphatic heterocycles. The van der Waals surface area contributed by atoms with Crippen molar-refractivity contribution >= 4 is 47.3 Å². The summed E-state index contributed by atoms with van der Waals surface area (Å²) in [6.45, 7) is 5.92. The molecule has 0 N–H and O–H groups in total. The molecule has 0 aromatic heterocycles. The quantitative estimate of drug-likeness (QED) is 0.213. The first kappa shape index (κ1) is 36.7. The molecule has 2 saturated heterocycles. The molecule has 2 aliphatic rings. The summed E-state index contributed by atoms with van der Waals surface area (Å²) in [5, 5.41) is -0.219. The maximum absolute atomic E-state index is 12.2. The number of carbonyl (C=O) groups is 4. The van der Waals surface area contributed by atoms with Crippen LogP contribution >= 0.6 is 23.5 Å². The molecule has 0 radical (unpaired) electrons. The molecular formula is C32H42N2O10S2. The van der Waals surface area contributed by atoms with Gasteiger partial charge in [-0.2, -0.15) is 0 Å². The van der Waals surface area contributed by atoms with E-state index in [1.54, 1.807) is 61.4 Å². The molecule has 4 rings (SSSR count). The Hall–Kier alpha value is -3.78. The summed E-state index contributed by atoms with van der Waals surface area (Å²) in [6, 6.07) is 14.7. The lowest BCUT2D eigenvalue weighted by Gasteiger charge is -2.24. The van der Waals surface area contributed by atoms with Crippen LogP contribution < -0.4 is 18.9 Å². The van der Waals surface area contributed by atoms with Crippen molar-refractivity contribution in [1.29, 1.82) is 0 Å². The van der Waals surface area contributed by atoms with Crippen LogP contribution in [0.15, 0.2) is 48.5 Å². The van der Waals surface area contributed by atoms with Crippen molar-refractivity contribution < 1.29 is 47.6 Å². The van der Waals surface area contributed by atoms with E-state index in [-0.39, 0.29) is 48.6 Å². The molecule has 2 fully saturated rings. The lowest BCUT2D eigenvalue weighted by atomic mass is 10.3. The van der Waals surface area contributed by atoms with E-state index >= 15 is 0 Å². The average molecular weight is 679 g/mol. The molecule has 252 valence electrons. The Morgan fingerprint density at radius 1 is 0.652 bits per heavy atom. The molecular weight excluding hydrogens is 636 g/mol. The maximum atomic E-state index is 12.2. The van der Waals surface area contributed by atoms with Crippen LogP contribution in [0.2, 0.25) is 0 Å². The third kappa shape index (κ3) is 11.2. The number of hydrogen-bond donors (Lipinski definition) is 0. The summed E-state index contributed by atoms with van der Waals surface area (Å²) in [6.07, 6.45) is -0.445. The second-order valence-electron chi connectivity index (χ2n) is 9.71. The molecule has 46 heavy (non-hydrogen) atoms. The van der Waals surface area contributed by atoms with Gasteiger partial charge in [-0.25, -0.2) is 0 Å². The lowest BCUT2D eigenvalue weighted by molar-refractivity contribution is -0.150. The molecule has 0 saturated carbocycles. The van der Waals surface area contributed by atoms with Gasteiger partial charge in [-0.3, -0.25) is 19.2 Å². The molecule has 2 unspecified atom stereocenters. The Bertz CT molecular complexity index is 1200. The SMILES string of the molecule is CCOC(=O)CC(=O)N1CCSC1COc1ccccc1OC.CCOC(=O)CC(=O)N1CCSC1COc1ccccc1OC. The Morgan fingerprint density at radius 2 is 1.02 bits per heavy atom. The van der Waals surface area contributed by atoms with E-state index in [2.05, 4.69) is 0 Å². The third-order valence-electron chi connectivity index (χ3n) is 6.72. The van der Waals surface area contributed by atoms with Gasteiger partial charge < -0.3 is 38.2 Å². The number of methoxy groups -OCH3 is 2. The van der Waals surface area contributed by atoms with Crippen LogP contribution in [0.25, 0.3) is 0 Å². The van der Waals surface area contributed by atoms with Crippen LogP contribution in [0.1, 0.15) is 26.7 Å². The summed E-state index contributed by atoms with van der Waals surface area (Å²) < 4.78 is 31.7. The highest BCUT2D eigenvalue weighted by atomic mass is 32.2. The van der Waals surface area contributed by atoms with Gasteiger partial charge in [0.2, 0.25) is 11.8 Å². The van der Waals surface area contributed by atoms with Gasteiger partial charge in [-0.15, -0.1) is 23.5 Å². The van der Waals surface area contributed by atoms with E-state index in [1.165, 1.54) is 0 Å². The molecule has 12 nitrogen and oxygen atoms in total. The number of nitrogens with zero attached hydrogens (tertiary/aromatic N) is 2. The van der Waals surface area contributed by atoms with Gasteiger partial charge in [-0.05, 0) is 38.1 Å². The van der Waals surface area contributed by atoms with Crippen molar-refractivity contribution in [2.24, 2.45) is 0 Å². The number of hydrogen-bond acceptors (Lipinski definition) is 12. The number of benzene rings is 2. The maximum Gasteiger partial charge on any atom is 0.315 e. The van der Waals surface area contributed by atoms with Gasteiger partial charge >= 0.3 is 11.9 Å². The molecule has 2 aromatic carbocycles. The molecule has 0 spiro atoms. The zero-order valence-corrected chi connectivity index (χ0v) is 28.3. The topological polar surface area (TPSA) is 130 Å². The fourth-order valence-electron chi connectivity index (χ4n) is 4.56. The van der Waals surface area contributed by atoms with Crippen molar-refractivity contribution in [2.45, 2.75) is 37.4 Å². The summed E-state index contributed by atoms with van der Waals surface area (Å²) in [4.78, 5) is 50.7. The number of esters is 2. The van der Waals surface area contributed by atoms with Crippen LogP contribution in [0.4, 0.5) is 0 Å². The number of rotatable bonds is 14. The number of thioether (sulfide) groups is 2. The van der Waals surface area contributed by atoms with Gasteiger partial charge in [-0.1, -0.05) is 24.3 Å². The minimum atomic E-state index is -0.487. The fraction of sp³-hybridized carbons (Fsp3) is 0.500. The zero-order valence-electron chi connectivity index (χ0n) is 26.6. The van der Waals surface area contributed by atoms with E-state index in [9.17, 15) is 19.2 Å². The smallest absolute Gasteiger partial charge is 0.315 e. The van der Waals surface area contributed by atoms with E-state index in [4.69, 9.17) is 28.4 Å². The average Bonchev–Trinajstić information content (AvgIpc) is 3.73. The molecule has 2 aromatic rings. The molecule has 2 amide bonds. The molecule has 14 heteroatoms. The van der Waals surface area contributed by atoms with E-state index in [0.29, 0.717) is 49.3 Å². The van der Waals surface area contributed by atoms with Crippen LogP contribution in [0.5, 0.6) is 23.0 Å². The normalized spacial score (nSPS) is 17.0. The standard InChI is InChI=1S/2C16H21NO5S/c2*1-3-21-16(19)10-14(18)17-8-9-23-15(17)11-22-13-7-5-4-6-12(13)20-2/h2*4-7,15H,3,8-11H2,1-2H3. The molecule has 2 atom stereocenters. The Kier molecular flexibility index (Phi) is 15.7.